The molecule has 2 aromatic rings. The van der Waals surface area contributed by atoms with Crippen LogP contribution in [0.1, 0.15) is 13.3 Å². The largest absolute Gasteiger partial charge is 0.342 e. The molecule has 1 aromatic heterocycles. The molecule has 1 heterocycles. The third-order valence-corrected chi connectivity index (χ3v) is 2.72. The van der Waals surface area contributed by atoms with Crippen molar-refractivity contribution in [2.75, 3.05) is 18.5 Å². The Hall–Kier alpha value is -1.95. The number of aromatic nitrogens is 4. The number of hydrogen-bond acceptors (Lipinski definition) is 5. The Morgan fingerprint density at radius 3 is 2.72 bits per heavy atom. The average Bonchev–Trinajstić information content (AvgIpc) is 2.86. The maximum absolute atomic E-state index is 5.76. The van der Waals surface area contributed by atoms with E-state index in [1.165, 1.54) is 0 Å². The van der Waals surface area contributed by atoms with Crippen molar-refractivity contribution >= 4 is 5.95 Å². The fourth-order valence-electron chi connectivity index (χ4n) is 1.65. The first-order valence-electron chi connectivity index (χ1n) is 5.99. The van der Waals surface area contributed by atoms with E-state index in [0.717, 1.165) is 24.6 Å². The van der Waals surface area contributed by atoms with E-state index in [4.69, 9.17) is 5.73 Å². The molecule has 1 unspecified atom stereocenters. The van der Waals surface area contributed by atoms with Crippen LogP contribution in [0.15, 0.2) is 30.3 Å². The quantitative estimate of drug-likeness (QED) is 0.846. The van der Waals surface area contributed by atoms with Crippen molar-refractivity contribution in [2.45, 2.75) is 19.4 Å². The summed E-state index contributed by atoms with van der Waals surface area (Å²) in [6.45, 7) is 2.82. The molecule has 0 saturated heterocycles. The fraction of sp³-hybridized carbons (Fsp3) is 0.417. The van der Waals surface area contributed by atoms with E-state index in [-0.39, 0.29) is 6.04 Å². The summed E-state index contributed by atoms with van der Waals surface area (Å²) < 4.78 is 1.72. The molecular weight excluding hydrogens is 228 g/mol. The smallest absolute Gasteiger partial charge is 0.250 e. The van der Waals surface area contributed by atoms with Crippen LogP contribution in [0.3, 0.4) is 0 Å². The zero-order chi connectivity index (χ0) is 13.0. The molecular formula is C12H18N6. The van der Waals surface area contributed by atoms with Gasteiger partial charge in [0.25, 0.3) is 0 Å². The molecule has 0 radical (unpaired) electrons. The summed E-state index contributed by atoms with van der Waals surface area (Å²) in [6, 6.07) is 10.0. The van der Waals surface area contributed by atoms with Crippen LogP contribution in [0.4, 0.5) is 5.95 Å². The summed E-state index contributed by atoms with van der Waals surface area (Å²) in [5.41, 5.74) is 6.71. The molecule has 0 fully saturated rings. The summed E-state index contributed by atoms with van der Waals surface area (Å²) in [5.74, 6) is 0.724. The molecule has 0 aliphatic rings. The van der Waals surface area contributed by atoms with E-state index in [0.29, 0.717) is 0 Å². The van der Waals surface area contributed by atoms with E-state index < -0.39 is 0 Å². The summed E-state index contributed by atoms with van der Waals surface area (Å²) in [7, 11) is 1.97. The van der Waals surface area contributed by atoms with Gasteiger partial charge in [-0.05, 0) is 35.9 Å². The van der Waals surface area contributed by atoms with E-state index in [2.05, 4.69) is 15.5 Å². The lowest BCUT2D eigenvalue weighted by atomic mass is 10.2. The highest BCUT2D eigenvalue weighted by Crippen LogP contribution is 2.13. The monoisotopic (exact) mass is 246 g/mol. The molecule has 0 amide bonds. The second-order valence-electron chi connectivity index (χ2n) is 4.41. The summed E-state index contributed by atoms with van der Waals surface area (Å²) >= 11 is 0. The highest BCUT2D eigenvalue weighted by Gasteiger charge is 2.12. The van der Waals surface area contributed by atoms with Gasteiger partial charge in [0.1, 0.15) is 0 Å². The van der Waals surface area contributed by atoms with Crippen LogP contribution in [-0.2, 0) is 0 Å². The number of hydrogen-bond donors (Lipinski definition) is 1. The third kappa shape index (κ3) is 2.84. The van der Waals surface area contributed by atoms with E-state index in [9.17, 15) is 0 Å². The summed E-state index contributed by atoms with van der Waals surface area (Å²) in [6.07, 6.45) is 0.901. The Morgan fingerprint density at radius 1 is 1.33 bits per heavy atom. The number of anilines is 1. The van der Waals surface area contributed by atoms with Crippen molar-refractivity contribution in [3.05, 3.63) is 30.3 Å². The normalized spacial score (nSPS) is 12.4. The minimum absolute atomic E-state index is 0.175. The second-order valence-corrected chi connectivity index (χ2v) is 4.41. The minimum atomic E-state index is 0.175. The van der Waals surface area contributed by atoms with Crippen LogP contribution in [0.2, 0.25) is 0 Å². The number of nitrogens with two attached hydrogens (primary N) is 1. The standard InChI is InChI=1S/C12H18N6/c1-10(13)8-9-17(2)12-14-15-16-18(12)11-6-4-3-5-7-11/h3-7,10H,8-9,13H2,1-2H3. The van der Waals surface area contributed by atoms with E-state index in [1.54, 1.807) is 4.68 Å². The van der Waals surface area contributed by atoms with Gasteiger partial charge >= 0.3 is 0 Å². The van der Waals surface area contributed by atoms with Crippen molar-refractivity contribution in [3.63, 3.8) is 0 Å². The minimum Gasteiger partial charge on any atom is -0.342 e. The van der Waals surface area contributed by atoms with Crippen LogP contribution in [0, 0.1) is 0 Å². The molecule has 96 valence electrons. The molecule has 0 spiro atoms. The molecule has 1 atom stereocenters. The molecule has 0 saturated carbocycles. The van der Waals surface area contributed by atoms with Crippen LogP contribution in [0.5, 0.6) is 0 Å². The maximum Gasteiger partial charge on any atom is 0.250 e. The van der Waals surface area contributed by atoms with Crippen LogP contribution >= 0.6 is 0 Å². The Labute approximate surface area is 106 Å². The van der Waals surface area contributed by atoms with Crippen molar-refractivity contribution < 1.29 is 0 Å². The molecule has 6 nitrogen and oxygen atoms in total. The lowest BCUT2D eigenvalue weighted by molar-refractivity contribution is 0.648. The van der Waals surface area contributed by atoms with Gasteiger partial charge in [-0.1, -0.05) is 23.3 Å². The molecule has 2 N–H and O–H groups in total. The zero-order valence-corrected chi connectivity index (χ0v) is 10.7. The number of benzene rings is 1. The first-order chi connectivity index (χ1) is 8.68. The molecule has 1 aromatic carbocycles. The summed E-state index contributed by atoms with van der Waals surface area (Å²) in [4.78, 5) is 2.01. The second kappa shape index (κ2) is 5.59. The summed E-state index contributed by atoms with van der Waals surface area (Å²) in [5, 5.41) is 11.8. The van der Waals surface area contributed by atoms with Crippen LogP contribution < -0.4 is 10.6 Å². The van der Waals surface area contributed by atoms with Crippen molar-refractivity contribution in [2.24, 2.45) is 5.73 Å². The zero-order valence-electron chi connectivity index (χ0n) is 10.7. The van der Waals surface area contributed by atoms with Crippen LogP contribution in [-0.4, -0.2) is 39.8 Å². The molecule has 2 rings (SSSR count). The van der Waals surface area contributed by atoms with Gasteiger partial charge in [-0.2, -0.15) is 4.68 Å². The Bertz CT molecular complexity index is 478. The highest BCUT2D eigenvalue weighted by molar-refractivity contribution is 5.39. The number of para-hydroxylation sites is 1. The molecule has 6 heteroatoms. The van der Waals surface area contributed by atoms with Gasteiger partial charge in [0.15, 0.2) is 0 Å². The van der Waals surface area contributed by atoms with Crippen molar-refractivity contribution in [1.29, 1.82) is 0 Å². The highest BCUT2D eigenvalue weighted by atomic mass is 15.6. The molecule has 0 bridgehead atoms. The Morgan fingerprint density at radius 2 is 2.06 bits per heavy atom. The van der Waals surface area contributed by atoms with Gasteiger partial charge in [0.2, 0.25) is 5.95 Å². The molecule has 0 aliphatic heterocycles. The maximum atomic E-state index is 5.76. The SMILES string of the molecule is CC(N)CCN(C)c1nnnn1-c1ccccc1. The van der Waals surface area contributed by atoms with Gasteiger partial charge in [-0.3, -0.25) is 0 Å². The van der Waals surface area contributed by atoms with Gasteiger partial charge in [-0.15, -0.1) is 0 Å². The topological polar surface area (TPSA) is 72.9 Å². The molecule has 0 aliphatic carbocycles. The number of tetrazole rings is 1. The van der Waals surface area contributed by atoms with E-state index in [1.807, 2.05) is 49.2 Å². The fourth-order valence-corrected chi connectivity index (χ4v) is 1.65. The van der Waals surface area contributed by atoms with Crippen molar-refractivity contribution in [1.82, 2.24) is 20.2 Å². The average molecular weight is 246 g/mol. The van der Waals surface area contributed by atoms with Gasteiger partial charge in [0, 0.05) is 19.6 Å². The first kappa shape index (κ1) is 12.5. The first-order valence-corrected chi connectivity index (χ1v) is 5.99. The van der Waals surface area contributed by atoms with Gasteiger partial charge in [-0.25, -0.2) is 0 Å². The number of rotatable bonds is 5. The lowest BCUT2D eigenvalue weighted by Crippen LogP contribution is -2.27. The van der Waals surface area contributed by atoms with Gasteiger partial charge in [0.05, 0.1) is 5.69 Å². The molecule has 18 heavy (non-hydrogen) atoms. The predicted octanol–water partition coefficient (Wildman–Crippen LogP) is 0.836. The Kier molecular flexibility index (Phi) is 3.88. The Balaban J connectivity index is 2.17. The lowest BCUT2D eigenvalue weighted by Gasteiger charge is -2.18. The third-order valence-electron chi connectivity index (χ3n) is 2.72. The van der Waals surface area contributed by atoms with Crippen LogP contribution in [0.25, 0.3) is 5.69 Å². The van der Waals surface area contributed by atoms with E-state index >= 15 is 0 Å². The number of nitrogens with zero attached hydrogens (tertiary/aromatic N) is 5. The van der Waals surface area contributed by atoms with Gasteiger partial charge < -0.3 is 10.6 Å². The predicted molar refractivity (Wildman–Crippen MR) is 70.7 cm³/mol. The van der Waals surface area contributed by atoms with Crippen molar-refractivity contribution in [3.8, 4) is 5.69 Å².